The molecule has 0 amide bonds. The molecule has 10 heteroatoms. The van der Waals surface area contributed by atoms with E-state index in [0.29, 0.717) is 29.5 Å². The second kappa shape index (κ2) is 11.4. The maximum atomic E-state index is 13.3. The number of nitrogens with zero attached hydrogens (tertiary/aromatic N) is 4. The van der Waals surface area contributed by atoms with Gasteiger partial charge in [0.05, 0.1) is 5.56 Å². The number of hydrogen-bond donors (Lipinski definition) is 2. The summed E-state index contributed by atoms with van der Waals surface area (Å²) in [5.41, 5.74) is 10.7. The van der Waals surface area contributed by atoms with Gasteiger partial charge in [0.1, 0.15) is 17.7 Å². The van der Waals surface area contributed by atoms with Gasteiger partial charge in [0.15, 0.2) is 5.82 Å². The van der Waals surface area contributed by atoms with Crippen LogP contribution in [0.5, 0.6) is 0 Å². The van der Waals surface area contributed by atoms with Crippen molar-refractivity contribution in [2.24, 2.45) is 16.6 Å². The van der Waals surface area contributed by atoms with Gasteiger partial charge in [-0.3, -0.25) is 0 Å². The summed E-state index contributed by atoms with van der Waals surface area (Å²) < 4.78 is 41.8. The number of carboxylic acids is 1. The number of aliphatic carboxylic acids is 1. The van der Waals surface area contributed by atoms with E-state index in [1.165, 1.54) is 18.6 Å². The van der Waals surface area contributed by atoms with Crippen LogP contribution in [0, 0.1) is 5.92 Å². The zero-order valence-electron chi connectivity index (χ0n) is 23.3. The normalized spacial score (nSPS) is 19.4. The van der Waals surface area contributed by atoms with E-state index < -0.39 is 23.9 Å². The van der Waals surface area contributed by atoms with E-state index in [1.807, 2.05) is 22.8 Å². The van der Waals surface area contributed by atoms with Gasteiger partial charge in [-0.2, -0.15) is 13.2 Å². The highest BCUT2D eigenvalue weighted by molar-refractivity contribution is 6.35. The maximum absolute atomic E-state index is 13.3. The molecule has 0 radical (unpaired) electrons. The van der Waals surface area contributed by atoms with Crippen LogP contribution in [-0.4, -0.2) is 37.9 Å². The quantitative estimate of drug-likeness (QED) is 0.300. The lowest BCUT2D eigenvalue weighted by atomic mass is 9.83. The van der Waals surface area contributed by atoms with Crippen molar-refractivity contribution in [3.05, 3.63) is 82.8 Å². The summed E-state index contributed by atoms with van der Waals surface area (Å²) >= 11 is 0. The Morgan fingerprint density at radius 2 is 1.67 bits per heavy atom. The van der Waals surface area contributed by atoms with Crippen molar-refractivity contribution >= 4 is 28.8 Å². The summed E-state index contributed by atoms with van der Waals surface area (Å²) in [5.74, 6) is 0.156. The number of carbonyl (C=O) groups is 1. The first-order chi connectivity index (χ1) is 20.2. The number of imidazole rings is 1. The molecule has 3 aromatic rings. The number of rotatable bonds is 8. The number of alkyl halides is 3. The lowest BCUT2D eigenvalue weighted by molar-refractivity contribution is -0.137. The number of nitrogens with two attached hydrogens (primary N) is 1. The average Bonchev–Trinajstić information content (AvgIpc) is 3.31. The lowest BCUT2D eigenvalue weighted by Crippen LogP contribution is -2.46. The molecule has 2 heterocycles. The third kappa shape index (κ3) is 5.47. The molecule has 7 nitrogen and oxygen atoms in total. The zero-order valence-corrected chi connectivity index (χ0v) is 23.3. The van der Waals surface area contributed by atoms with Gasteiger partial charge in [0, 0.05) is 13.1 Å². The smallest absolute Gasteiger partial charge is 0.416 e. The van der Waals surface area contributed by atoms with Crippen LogP contribution < -0.4 is 5.73 Å². The van der Waals surface area contributed by atoms with Gasteiger partial charge >= 0.3 is 12.1 Å². The number of hydrogen-bond acceptors (Lipinski definition) is 5. The molecule has 3 aliphatic rings. The molecule has 3 N–H and O–H groups in total. The van der Waals surface area contributed by atoms with Crippen molar-refractivity contribution in [2.45, 2.75) is 70.3 Å². The largest absolute Gasteiger partial charge is 0.475 e. The molecule has 1 unspecified atom stereocenters. The molecular formula is C32H34F3N5O2. The van der Waals surface area contributed by atoms with E-state index in [1.54, 1.807) is 4.90 Å². The second-order valence-electron chi connectivity index (χ2n) is 11.4. The molecule has 0 spiro atoms. The van der Waals surface area contributed by atoms with Gasteiger partial charge in [-0.1, -0.05) is 61.7 Å². The van der Waals surface area contributed by atoms with E-state index in [2.05, 4.69) is 17.1 Å². The van der Waals surface area contributed by atoms with Crippen LogP contribution in [0.25, 0.3) is 11.1 Å². The molecular weight excluding hydrogens is 543 g/mol. The number of carboxylic acid groups (broad SMARTS) is 1. The number of aromatic nitrogens is 2. The Balaban J connectivity index is 1.48. The summed E-state index contributed by atoms with van der Waals surface area (Å²) in [4.78, 5) is 23.4. The van der Waals surface area contributed by atoms with Gasteiger partial charge in [0.2, 0.25) is 5.84 Å². The zero-order chi connectivity index (χ0) is 29.4. The molecule has 1 fully saturated rings. The predicted octanol–water partition coefficient (Wildman–Crippen LogP) is 7.01. The Morgan fingerprint density at radius 3 is 2.29 bits per heavy atom. The Morgan fingerprint density at radius 1 is 0.976 bits per heavy atom. The number of allylic oxidation sites excluding steroid dienone is 2. The van der Waals surface area contributed by atoms with Crippen LogP contribution in [0.3, 0.4) is 0 Å². The molecule has 1 atom stereocenters. The summed E-state index contributed by atoms with van der Waals surface area (Å²) in [6, 6.07) is 15.2. The first-order valence-electron chi connectivity index (χ1n) is 14.6. The predicted molar refractivity (Wildman–Crippen MR) is 155 cm³/mol. The van der Waals surface area contributed by atoms with Crippen LogP contribution in [0.2, 0.25) is 0 Å². The van der Waals surface area contributed by atoms with Crippen LogP contribution in [-0.2, 0) is 17.5 Å². The van der Waals surface area contributed by atoms with Crippen molar-refractivity contribution in [1.29, 1.82) is 0 Å². The highest BCUT2D eigenvalue weighted by atomic mass is 19.4. The summed E-state index contributed by atoms with van der Waals surface area (Å²) in [6.45, 7) is 0.679. The van der Waals surface area contributed by atoms with Gasteiger partial charge in [-0.15, -0.1) is 0 Å². The second-order valence-corrected chi connectivity index (χ2v) is 11.4. The minimum atomic E-state index is -4.43. The topological polar surface area (TPSA) is 96.7 Å². The average molecular weight is 578 g/mol. The van der Waals surface area contributed by atoms with Crippen LogP contribution >= 0.6 is 0 Å². The fourth-order valence-corrected chi connectivity index (χ4v) is 6.27. The van der Waals surface area contributed by atoms with Crippen LogP contribution in [0.15, 0.2) is 59.6 Å². The van der Waals surface area contributed by atoms with E-state index in [9.17, 15) is 23.1 Å². The summed E-state index contributed by atoms with van der Waals surface area (Å²) in [5, 5.41) is 10.1. The van der Waals surface area contributed by atoms with Gasteiger partial charge in [-0.25, -0.2) is 14.8 Å². The lowest BCUT2D eigenvalue weighted by Gasteiger charge is -2.36. The molecule has 42 heavy (non-hydrogen) atoms. The molecule has 2 aliphatic carbocycles. The molecule has 6 rings (SSSR count). The Kier molecular flexibility index (Phi) is 7.66. The maximum Gasteiger partial charge on any atom is 0.416 e. The monoisotopic (exact) mass is 577 g/mol. The molecule has 0 bridgehead atoms. The molecule has 1 saturated carbocycles. The highest BCUT2D eigenvalue weighted by Gasteiger charge is 2.37. The summed E-state index contributed by atoms with van der Waals surface area (Å²) in [7, 11) is 0. The molecule has 220 valence electrons. The fraction of sp³-hybridized carbons (Fsp3) is 0.406. The first kappa shape index (κ1) is 28.2. The number of aliphatic imine (C=N–C) groups is 1. The van der Waals surface area contributed by atoms with Crippen LogP contribution in [0.1, 0.15) is 85.7 Å². The van der Waals surface area contributed by atoms with Crippen molar-refractivity contribution in [2.75, 3.05) is 6.54 Å². The summed E-state index contributed by atoms with van der Waals surface area (Å²) in [6.07, 6.45) is 2.63. The SMILES string of the molecule is NC1c2c(nc(C3=C(c4ccccc4)CCCC3)n2Cc2ccc(C(F)(F)F)cc2)N=C(C(=O)O)N1CCC1CCC1. The molecule has 2 aromatic carbocycles. The number of benzene rings is 2. The van der Waals surface area contributed by atoms with E-state index in [4.69, 9.17) is 10.7 Å². The Bertz CT molecular complexity index is 1520. The van der Waals surface area contributed by atoms with Crippen molar-refractivity contribution in [3.8, 4) is 0 Å². The van der Waals surface area contributed by atoms with Gasteiger partial charge in [-0.05, 0) is 72.4 Å². The van der Waals surface area contributed by atoms with Crippen LogP contribution in [0.4, 0.5) is 19.0 Å². The van der Waals surface area contributed by atoms with Gasteiger partial charge in [0.25, 0.3) is 0 Å². The van der Waals surface area contributed by atoms with E-state index >= 15 is 0 Å². The van der Waals surface area contributed by atoms with Crippen molar-refractivity contribution in [1.82, 2.24) is 14.5 Å². The molecule has 1 aromatic heterocycles. The fourth-order valence-electron chi connectivity index (χ4n) is 6.27. The first-order valence-corrected chi connectivity index (χ1v) is 14.6. The molecule has 1 aliphatic heterocycles. The Hall–Kier alpha value is -3.92. The minimum Gasteiger partial charge on any atom is -0.475 e. The van der Waals surface area contributed by atoms with Gasteiger partial charge < -0.3 is 20.3 Å². The van der Waals surface area contributed by atoms with Crippen molar-refractivity contribution < 1.29 is 23.1 Å². The number of fused-ring (bicyclic) bond motifs is 1. The van der Waals surface area contributed by atoms with E-state index in [-0.39, 0.29) is 18.2 Å². The van der Waals surface area contributed by atoms with Crippen molar-refractivity contribution in [3.63, 3.8) is 0 Å². The minimum absolute atomic E-state index is 0.124. The highest BCUT2D eigenvalue weighted by Crippen LogP contribution is 2.42. The third-order valence-corrected chi connectivity index (χ3v) is 8.76. The third-order valence-electron chi connectivity index (χ3n) is 8.76. The Labute approximate surface area is 242 Å². The van der Waals surface area contributed by atoms with E-state index in [0.717, 1.165) is 73.8 Å². The molecule has 0 saturated heterocycles. The number of amidine groups is 1. The number of halogens is 3. The standard InChI is InChI=1S/C32H34F3N5O2/c33-32(34,35)23-15-13-21(14-16-23)19-40-26-27(36)39(18-17-20-7-6-8-20)30(31(41)42)38-28(26)37-29(40)25-12-5-4-11-24(25)22-9-2-1-3-10-22/h1-3,9-10,13-16,20,27H,4-8,11-12,17-19,36H2,(H,41,42).